The molecule has 0 aliphatic heterocycles. The van der Waals surface area contributed by atoms with Gasteiger partial charge in [0, 0.05) is 0 Å². The van der Waals surface area contributed by atoms with Gasteiger partial charge < -0.3 is 9.84 Å². The van der Waals surface area contributed by atoms with Crippen LogP contribution in [0.2, 0.25) is 0 Å². The minimum atomic E-state index is -0.938. The first-order valence-electron chi connectivity index (χ1n) is 9.72. The molecular formula is C20H38O3. The van der Waals surface area contributed by atoms with Crippen LogP contribution in [0.3, 0.4) is 0 Å². The van der Waals surface area contributed by atoms with E-state index in [4.69, 9.17) is 4.74 Å². The van der Waals surface area contributed by atoms with Crippen LogP contribution in [-0.2, 0) is 9.53 Å². The first-order valence-corrected chi connectivity index (χ1v) is 9.72. The Morgan fingerprint density at radius 2 is 1.39 bits per heavy atom. The van der Waals surface area contributed by atoms with Crippen LogP contribution in [-0.4, -0.2) is 23.8 Å². The van der Waals surface area contributed by atoms with Crippen molar-refractivity contribution in [2.24, 2.45) is 0 Å². The van der Waals surface area contributed by atoms with Gasteiger partial charge in [0.15, 0.2) is 6.10 Å². The molecule has 0 rings (SSSR count). The maximum atomic E-state index is 11.2. The first-order chi connectivity index (χ1) is 11.2. The van der Waals surface area contributed by atoms with Gasteiger partial charge in [-0.25, -0.2) is 4.79 Å². The quantitative estimate of drug-likeness (QED) is 0.229. The van der Waals surface area contributed by atoms with Gasteiger partial charge in [-0.3, -0.25) is 0 Å². The molecule has 0 bridgehead atoms. The molecular weight excluding hydrogens is 288 g/mol. The molecule has 3 nitrogen and oxygen atoms in total. The molecule has 0 saturated heterocycles. The Morgan fingerprint density at radius 3 is 1.96 bits per heavy atom. The first kappa shape index (κ1) is 22.2. The third kappa shape index (κ3) is 15.8. The number of ether oxygens (including phenoxy) is 1. The van der Waals surface area contributed by atoms with Crippen molar-refractivity contribution >= 4 is 5.97 Å². The lowest BCUT2D eigenvalue weighted by Gasteiger charge is -2.08. The lowest BCUT2D eigenvalue weighted by Crippen LogP contribution is -2.22. The zero-order valence-electron chi connectivity index (χ0n) is 15.4. The molecule has 0 aromatic carbocycles. The molecule has 136 valence electrons. The number of aliphatic hydroxyl groups excluding tert-OH is 1. The van der Waals surface area contributed by atoms with E-state index in [9.17, 15) is 9.90 Å². The molecule has 1 N–H and O–H groups in total. The number of hydrogen-bond acceptors (Lipinski definition) is 3. The van der Waals surface area contributed by atoms with Gasteiger partial charge in [-0.15, -0.1) is 0 Å². The van der Waals surface area contributed by atoms with Gasteiger partial charge in [0.25, 0.3) is 0 Å². The topological polar surface area (TPSA) is 46.5 Å². The molecule has 0 aliphatic rings. The zero-order valence-corrected chi connectivity index (χ0v) is 15.4. The monoisotopic (exact) mass is 326 g/mol. The van der Waals surface area contributed by atoms with E-state index in [1.807, 2.05) is 0 Å². The molecule has 0 spiro atoms. The van der Waals surface area contributed by atoms with Crippen molar-refractivity contribution in [3.8, 4) is 0 Å². The van der Waals surface area contributed by atoms with Crippen molar-refractivity contribution in [1.29, 1.82) is 0 Å². The van der Waals surface area contributed by atoms with Gasteiger partial charge in [-0.05, 0) is 39.0 Å². The molecule has 3 heteroatoms. The van der Waals surface area contributed by atoms with E-state index in [2.05, 4.69) is 19.1 Å². The molecule has 0 saturated carbocycles. The van der Waals surface area contributed by atoms with Gasteiger partial charge >= 0.3 is 5.97 Å². The summed E-state index contributed by atoms with van der Waals surface area (Å²) in [6, 6.07) is 0. The highest BCUT2D eigenvalue weighted by molar-refractivity contribution is 5.74. The van der Waals surface area contributed by atoms with Crippen molar-refractivity contribution in [3.63, 3.8) is 0 Å². The van der Waals surface area contributed by atoms with E-state index in [1.54, 1.807) is 6.92 Å². The number of aliphatic hydroxyl groups is 1. The summed E-state index contributed by atoms with van der Waals surface area (Å²) in [6.45, 7) is 4.34. The maximum Gasteiger partial charge on any atom is 0.334 e. The zero-order chi connectivity index (χ0) is 17.2. The molecule has 1 atom stereocenters. The third-order valence-corrected chi connectivity index (χ3v) is 4.05. The Morgan fingerprint density at radius 1 is 0.870 bits per heavy atom. The molecule has 0 amide bonds. The average molecular weight is 327 g/mol. The van der Waals surface area contributed by atoms with Gasteiger partial charge in [0.2, 0.25) is 0 Å². The second-order valence-electron chi connectivity index (χ2n) is 6.29. The minimum Gasteiger partial charge on any atom is -0.464 e. The van der Waals surface area contributed by atoms with Crippen LogP contribution >= 0.6 is 0 Å². The molecule has 0 radical (unpaired) electrons. The molecule has 1 unspecified atom stereocenters. The Kier molecular flexibility index (Phi) is 16.9. The average Bonchev–Trinajstić information content (AvgIpc) is 2.55. The van der Waals surface area contributed by atoms with Crippen LogP contribution < -0.4 is 0 Å². The normalized spacial score (nSPS) is 12.7. The summed E-state index contributed by atoms with van der Waals surface area (Å²) < 4.78 is 4.78. The van der Waals surface area contributed by atoms with Gasteiger partial charge in [-0.1, -0.05) is 70.4 Å². The van der Waals surface area contributed by atoms with Gasteiger partial charge in [0.05, 0.1) is 6.61 Å². The van der Waals surface area contributed by atoms with Crippen LogP contribution in [0.15, 0.2) is 12.2 Å². The van der Waals surface area contributed by atoms with Crippen molar-refractivity contribution < 1.29 is 14.6 Å². The van der Waals surface area contributed by atoms with Crippen LogP contribution in [0.4, 0.5) is 0 Å². The van der Waals surface area contributed by atoms with E-state index < -0.39 is 12.1 Å². The van der Waals surface area contributed by atoms with E-state index >= 15 is 0 Å². The molecule has 0 fully saturated rings. The largest absolute Gasteiger partial charge is 0.464 e. The summed E-state index contributed by atoms with van der Waals surface area (Å²) in [5.41, 5.74) is 0. The van der Waals surface area contributed by atoms with E-state index in [0.717, 1.165) is 25.7 Å². The molecule has 23 heavy (non-hydrogen) atoms. The van der Waals surface area contributed by atoms with Crippen molar-refractivity contribution in [3.05, 3.63) is 12.2 Å². The Bertz CT molecular complexity index is 287. The number of carbonyl (C=O) groups is 1. The lowest BCUT2D eigenvalue weighted by molar-refractivity contribution is -0.153. The Labute approximate surface area is 143 Å². The van der Waals surface area contributed by atoms with Crippen LogP contribution in [0.25, 0.3) is 0 Å². The second kappa shape index (κ2) is 17.5. The fraction of sp³-hybridized carbons (Fsp3) is 0.850. The number of carbonyl (C=O) groups excluding carboxylic acids is 1. The van der Waals surface area contributed by atoms with Crippen LogP contribution in [0.5, 0.6) is 0 Å². The summed E-state index contributed by atoms with van der Waals surface area (Å²) in [6.07, 6.45) is 19.1. The van der Waals surface area contributed by atoms with Crippen LogP contribution in [0, 0.1) is 0 Å². The molecule has 0 heterocycles. The predicted molar refractivity (Wildman–Crippen MR) is 97.5 cm³/mol. The smallest absolute Gasteiger partial charge is 0.334 e. The highest BCUT2D eigenvalue weighted by Gasteiger charge is 2.14. The van der Waals surface area contributed by atoms with Crippen molar-refractivity contribution in [2.75, 3.05) is 6.61 Å². The summed E-state index contributed by atoms with van der Waals surface area (Å²) >= 11 is 0. The number of hydrogen-bond donors (Lipinski definition) is 1. The predicted octanol–water partition coefficient (Wildman–Crippen LogP) is 5.56. The summed E-state index contributed by atoms with van der Waals surface area (Å²) in [7, 11) is 0. The standard InChI is InChI=1S/C20H38O3/c1-3-5-6-7-8-9-10-11-12-13-14-15-16-17-18-19(21)20(22)23-4-2/h11-12,19,21H,3-10,13-18H2,1-2H3. The fourth-order valence-corrected chi connectivity index (χ4v) is 2.59. The van der Waals surface area contributed by atoms with E-state index in [-0.39, 0.29) is 0 Å². The number of esters is 1. The highest BCUT2D eigenvalue weighted by atomic mass is 16.5. The SMILES string of the molecule is CCCCCCCCC=CCCCCCCC(O)C(=O)OCC. The van der Waals surface area contributed by atoms with Gasteiger partial charge in [-0.2, -0.15) is 0 Å². The van der Waals surface area contributed by atoms with Crippen LogP contribution in [0.1, 0.15) is 97.3 Å². The van der Waals surface area contributed by atoms with E-state index in [0.29, 0.717) is 13.0 Å². The Hall–Kier alpha value is -0.830. The fourth-order valence-electron chi connectivity index (χ4n) is 2.59. The summed E-state index contributed by atoms with van der Waals surface area (Å²) in [5, 5.41) is 9.55. The summed E-state index contributed by atoms with van der Waals surface area (Å²) in [5.74, 6) is -0.481. The van der Waals surface area contributed by atoms with Crippen molar-refractivity contribution in [1.82, 2.24) is 0 Å². The minimum absolute atomic E-state index is 0.334. The van der Waals surface area contributed by atoms with Gasteiger partial charge in [0.1, 0.15) is 0 Å². The molecule has 0 aliphatic carbocycles. The summed E-state index contributed by atoms with van der Waals surface area (Å²) in [4.78, 5) is 11.2. The molecule has 0 aromatic rings. The second-order valence-corrected chi connectivity index (χ2v) is 6.29. The molecule has 0 aromatic heterocycles. The highest BCUT2D eigenvalue weighted by Crippen LogP contribution is 2.10. The lowest BCUT2D eigenvalue weighted by atomic mass is 10.1. The number of allylic oxidation sites excluding steroid dienone is 2. The third-order valence-electron chi connectivity index (χ3n) is 4.05. The van der Waals surface area contributed by atoms with E-state index in [1.165, 1.54) is 51.4 Å². The number of rotatable bonds is 16. The Balaban J connectivity index is 3.26. The van der Waals surface area contributed by atoms with Crippen molar-refractivity contribution in [2.45, 2.75) is 103 Å². The maximum absolute atomic E-state index is 11.2. The number of unbranched alkanes of at least 4 members (excludes halogenated alkanes) is 10.